The van der Waals surface area contributed by atoms with Gasteiger partial charge in [-0.15, -0.1) is 0 Å². The highest BCUT2D eigenvalue weighted by Crippen LogP contribution is 2.31. The molecular formula is C10H23NS. The van der Waals surface area contributed by atoms with E-state index in [4.69, 9.17) is 0 Å². The van der Waals surface area contributed by atoms with E-state index in [1.54, 1.807) is 0 Å². The number of thioether (sulfide) groups is 1. The maximum atomic E-state index is 2.32. The zero-order valence-corrected chi connectivity index (χ0v) is 10.2. The SMILES string of the molecule is CCC(C)(C)S[C@@H](C)CN(C)C. The molecule has 2 heteroatoms. The average molecular weight is 189 g/mol. The van der Waals surface area contributed by atoms with Crippen LogP contribution in [0.5, 0.6) is 0 Å². The molecule has 0 spiro atoms. The lowest BCUT2D eigenvalue weighted by Crippen LogP contribution is -2.26. The van der Waals surface area contributed by atoms with E-state index in [-0.39, 0.29) is 0 Å². The summed E-state index contributed by atoms with van der Waals surface area (Å²) >= 11 is 2.09. The predicted molar refractivity (Wildman–Crippen MR) is 60.0 cm³/mol. The first-order valence-corrected chi connectivity index (χ1v) is 5.58. The zero-order valence-electron chi connectivity index (χ0n) is 9.35. The Balaban J connectivity index is 3.75. The Morgan fingerprint density at radius 3 is 2.17 bits per heavy atom. The Labute approximate surface area is 81.9 Å². The molecule has 0 aromatic heterocycles. The third kappa shape index (κ3) is 5.90. The number of hydrogen-bond donors (Lipinski definition) is 0. The number of nitrogens with zero attached hydrogens (tertiary/aromatic N) is 1. The predicted octanol–water partition coefficient (Wildman–Crippen LogP) is 2.86. The summed E-state index contributed by atoms with van der Waals surface area (Å²) in [7, 11) is 4.27. The van der Waals surface area contributed by atoms with Crippen LogP contribution in [0.4, 0.5) is 0 Å². The quantitative estimate of drug-likeness (QED) is 0.654. The summed E-state index contributed by atoms with van der Waals surface area (Å²) in [5, 5.41) is 0.731. The van der Waals surface area contributed by atoms with E-state index in [0.29, 0.717) is 4.75 Å². The molecule has 0 heterocycles. The molecule has 74 valence electrons. The Morgan fingerprint density at radius 2 is 1.83 bits per heavy atom. The molecule has 0 aliphatic heterocycles. The van der Waals surface area contributed by atoms with E-state index in [1.165, 1.54) is 13.0 Å². The van der Waals surface area contributed by atoms with Crippen LogP contribution in [0.3, 0.4) is 0 Å². The average Bonchev–Trinajstić information content (AvgIpc) is 1.84. The molecule has 0 fully saturated rings. The van der Waals surface area contributed by atoms with Gasteiger partial charge in [-0.25, -0.2) is 0 Å². The van der Waals surface area contributed by atoms with Crippen molar-refractivity contribution in [2.75, 3.05) is 20.6 Å². The van der Waals surface area contributed by atoms with Crippen molar-refractivity contribution in [1.82, 2.24) is 4.90 Å². The van der Waals surface area contributed by atoms with E-state index < -0.39 is 0 Å². The van der Waals surface area contributed by atoms with Gasteiger partial charge in [0.2, 0.25) is 0 Å². The second kappa shape index (κ2) is 5.13. The van der Waals surface area contributed by atoms with Crippen molar-refractivity contribution in [2.24, 2.45) is 0 Å². The van der Waals surface area contributed by atoms with Crippen molar-refractivity contribution in [3.8, 4) is 0 Å². The Hall–Kier alpha value is 0.310. The van der Waals surface area contributed by atoms with Crippen LogP contribution in [0, 0.1) is 0 Å². The van der Waals surface area contributed by atoms with Crippen LogP contribution in [0.15, 0.2) is 0 Å². The molecule has 0 aromatic rings. The molecular weight excluding hydrogens is 166 g/mol. The highest BCUT2D eigenvalue weighted by Gasteiger charge is 2.19. The van der Waals surface area contributed by atoms with Crippen LogP contribution in [-0.4, -0.2) is 35.5 Å². The van der Waals surface area contributed by atoms with Crippen LogP contribution in [0.2, 0.25) is 0 Å². The molecule has 1 nitrogen and oxygen atoms in total. The zero-order chi connectivity index (χ0) is 9.78. The minimum atomic E-state index is 0.440. The molecule has 12 heavy (non-hydrogen) atoms. The van der Waals surface area contributed by atoms with Gasteiger partial charge in [-0.05, 0) is 20.5 Å². The van der Waals surface area contributed by atoms with E-state index in [0.717, 1.165) is 5.25 Å². The molecule has 0 rings (SSSR count). The van der Waals surface area contributed by atoms with Gasteiger partial charge in [-0.2, -0.15) is 11.8 Å². The van der Waals surface area contributed by atoms with Crippen molar-refractivity contribution in [3.63, 3.8) is 0 Å². The number of hydrogen-bond acceptors (Lipinski definition) is 2. The van der Waals surface area contributed by atoms with Crippen LogP contribution in [-0.2, 0) is 0 Å². The first kappa shape index (κ1) is 12.3. The standard InChI is InChI=1S/C10H23NS/c1-7-10(3,4)12-9(2)8-11(5)6/h9H,7-8H2,1-6H3/t9-/m0/s1. The second-order valence-electron chi connectivity index (χ2n) is 4.30. The molecule has 0 amide bonds. The van der Waals surface area contributed by atoms with Crippen molar-refractivity contribution in [3.05, 3.63) is 0 Å². The largest absolute Gasteiger partial charge is 0.308 e. The lowest BCUT2D eigenvalue weighted by atomic mass is 10.1. The lowest BCUT2D eigenvalue weighted by Gasteiger charge is -2.27. The van der Waals surface area contributed by atoms with Gasteiger partial charge in [-0.1, -0.05) is 27.7 Å². The third-order valence-corrected chi connectivity index (χ3v) is 3.47. The van der Waals surface area contributed by atoms with Gasteiger partial charge >= 0.3 is 0 Å². The first-order valence-electron chi connectivity index (χ1n) is 4.70. The summed E-state index contributed by atoms with van der Waals surface area (Å²) in [5.74, 6) is 0. The molecule has 0 aliphatic rings. The molecule has 0 saturated carbocycles. The fraction of sp³-hybridized carbons (Fsp3) is 1.00. The van der Waals surface area contributed by atoms with E-state index in [1.807, 2.05) is 0 Å². The first-order chi connectivity index (χ1) is 5.37. The fourth-order valence-electron chi connectivity index (χ4n) is 1.18. The van der Waals surface area contributed by atoms with Crippen LogP contribution in [0.1, 0.15) is 34.1 Å². The molecule has 0 aliphatic carbocycles. The van der Waals surface area contributed by atoms with E-state index in [2.05, 4.69) is 58.5 Å². The maximum absolute atomic E-state index is 2.32. The minimum Gasteiger partial charge on any atom is -0.308 e. The number of rotatable bonds is 5. The maximum Gasteiger partial charge on any atom is 0.0151 e. The second-order valence-corrected chi connectivity index (χ2v) is 6.45. The minimum absolute atomic E-state index is 0.440. The monoisotopic (exact) mass is 189 g/mol. The van der Waals surface area contributed by atoms with Gasteiger partial charge in [0.05, 0.1) is 0 Å². The summed E-state index contributed by atoms with van der Waals surface area (Å²) in [6, 6.07) is 0. The fourth-order valence-corrected chi connectivity index (χ4v) is 2.81. The van der Waals surface area contributed by atoms with Gasteiger partial charge in [0.15, 0.2) is 0 Å². The van der Waals surface area contributed by atoms with Gasteiger partial charge in [0.25, 0.3) is 0 Å². The summed E-state index contributed by atoms with van der Waals surface area (Å²) in [5.41, 5.74) is 0. The normalized spacial score (nSPS) is 15.2. The van der Waals surface area contributed by atoms with Gasteiger partial charge in [-0.3, -0.25) is 0 Å². The Morgan fingerprint density at radius 1 is 1.33 bits per heavy atom. The van der Waals surface area contributed by atoms with Crippen molar-refractivity contribution in [1.29, 1.82) is 0 Å². The molecule has 0 saturated heterocycles. The lowest BCUT2D eigenvalue weighted by molar-refractivity contribution is 0.412. The van der Waals surface area contributed by atoms with Crippen molar-refractivity contribution in [2.45, 2.75) is 44.1 Å². The van der Waals surface area contributed by atoms with Crippen LogP contribution >= 0.6 is 11.8 Å². The van der Waals surface area contributed by atoms with Gasteiger partial charge in [0, 0.05) is 16.5 Å². The summed E-state index contributed by atoms with van der Waals surface area (Å²) in [6.45, 7) is 10.4. The smallest absolute Gasteiger partial charge is 0.0151 e. The van der Waals surface area contributed by atoms with Gasteiger partial charge < -0.3 is 4.90 Å². The van der Waals surface area contributed by atoms with Gasteiger partial charge in [0.1, 0.15) is 0 Å². The Bertz CT molecular complexity index is 121. The molecule has 0 N–H and O–H groups in total. The molecule has 0 radical (unpaired) electrons. The summed E-state index contributed by atoms with van der Waals surface area (Å²) < 4.78 is 0.440. The third-order valence-electron chi connectivity index (χ3n) is 1.99. The highest BCUT2D eigenvalue weighted by atomic mass is 32.2. The Kier molecular flexibility index (Phi) is 5.26. The topological polar surface area (TPSA) is 3.24 Å². The van der Waals surface area contributed by atoms with Crippen molar-refractivity contribution >= 4 is 11.8 Å². The summed E-state index contributed by atoms with van der Waals surface area (Å²) in [4.78, 5) is 2.25. The van der Waals surface area contributed by atoms with E-state index >= 15 is 0 Å². The highest BCUT2D eigenvalue weighted by molar-refractivity contribution is 8.01. The molecule has 0 bridgehead atoms. The molecule has 0 unspecified atom stereocenters. The van der Waals surface area contributed by atoms with Crippen molar-refractivity contribution < 1.29 is 0 Å². The van der Waals surface area contributed by atoms with E-state index in [9.17, 15) is 0 Å². The molecule has 1 atom stereocenters. The molecule has 0 aromatic carbocycles. The van der Waals surface area contributed by atoms with Crippen LogP contribution < -0.4 is 0 Å². The van der Waals surface area contributed by atoms with Crippen LogP contribution in [0.25, 0.3) is 0 Å². The summed E-state index contributed by atoms with van der Waals surface area (Å²) in [6.07, 6.45) is 1.25.